The van der Waals surface area contributed by atoms with E-state index in [2.05, 4.69) is 10.3 Å². The second-order valence-corrected chi connectivity index (χ2v) is 5.28. The molecule has 2 atom stereocenters. The minimum absolute atomic E-state index is 0.190. The molecule has 2 unspecified atom stereocenters. The SMILES string of the molecule is CNCc1nc(OC2CCCC(OC)C2)ccc1Cl. The highest BCUT2D eigenvalue weighted by Crippen LogP contribution is 2.25. The molecule has 0 aromatic carbocycles. The van der Waals surface area contributed by atoms with E-state index in [1.165, 1.54) is 0 Å². The largest absolute Gasteiger partial charge is 0.474 e. The summed E-state index contributed by atoms with van der Waals surface area (Å²) in [5, 5.41) is 3.72. The first-order valence-corrected chi connectivity index (χ1v) is 7.10. The van der Waals surface area contributed by atoms with Crippen LogP contribution in [0.15, 0.2) is 12.1 Å². The molecule has 2 rings (SSSR count). The number of hydrogen-bond acceptors (Lipinski definition) is 4. The van der Waals surface area contributed by atoms with Crippen molar-refractivity contribution < 1.29 is 9.47 Å². The third-order valence-electron chi connectivity index (χ3n) is 3.44. The highest BCUT2D eigenvalue weighted by Gasteiger charge is 2.23. The fraction of sp³-hybridized carbons (Fsp3) is 0.643. The number of pyridine rings is 1. The molecule has 1 N–H and O–H groups in total. The molecule has 5 heteroatoms. The zero-order chi connectivity index (χ0) is 13.7. The van der Waals surface area contributed by atoms with Crippen molar-refractivity contribution in [3.8, 4) is 5.88 Å². The highest BCUT2D eigenvalue weighted by atomic mass is 35.5. The van der Waals surface area contributed by atoms with Gasteiger partial charge in [-0.3, -0.25) is 0 Å². The number of methoxy groups -OCH3 is 1. The standard InChI is InChI=1S/C14H21ClN2O2/c1-16-9-13-12(15)6-7-14(17-13)19-11-5-3-4-10(8-11)18-2/h6-7,10-11,16H,3-5,8-9H2,1-2H3. The number of nitrogens with one attached hydrogen (secondary N) is 1. The first kappa shape index (κ1) is 14.6. The molecule has 0 spiro atoms. The lowest BCUT2D eigenvalue weighted by Gasteiger charge is -2.28. The molecule has 1 heterocycles. The van der Waals surface area contributed by atoms with Crippen LogP contribution in [0.4, 0.5) is 0 Å². The van der Waals surface area contributed by atoms with Gasteiger partial charge in [-0.2, -0.15) is 0 Å². The van der Waals surface area contributed by atoms with Crippen LogP contribution in [0.3, 0.4) is 0 Å². The van der Waals surface area contributed by atoms with E-state index in [4.69, 9.17) is 21.1 Å². The van der Waals surface area contributed by atoms with E-state index < -0.39 is 0 Å². The lowest BCUT2D eigenvalue weighted by Crippen LogP contribution is -2.29. The molecular weight excluding hydrogens is 264 g/mol. The zero-order valence-corrected chi connectivity index (χ0v) is 12.2. The molecule has 0 amide bonds. The van der Waals surface area contributed by atoms with Gasteiger partial charge in [0.2, 0.25) is 5.88 Å². The Labute approximate surface area is 119 Å². The number of ether oxygens (including phenoxy) is 2. The Morgan fingerprint density at radius 3 is 2.89 bits per heavy atom. The molecule has 0 bridgehead atoms. The Morgan fingerprint density at radius 1 is 1.37 bits per heavy atom. The summed E-state index contributed by atoms with van der Waals surface area (Å²) in [6, 6.07) is 3.67. The van der Waals surface area contributed by atoms with E-state index in [0.29, 0.717) is 23.6 Å². The van der Waals surface area contributed by atoms with Crippen LogP contribution >= 0.6 is 11.6 Å². The van der Waals surface area contributed by atoms with Gasteiger partial charge in [0.25, 0.3) is 0 Å². The molecular formula is C14H21ClN2O2. The minimum atomic E-state index is 0.190. The molecule has 1 aromatic rings. The molecule has 4 nitrogen and oxygen atoms in total. The van der Waals surface area contributed by atoms with Crippen LogP contribution in [0.1, 0.15) is 31.4 Å². The van der Waals surface area contributed by atoms with Crippen LogP contribution in [0.25, 0.3) is 0 Å². The number of aromatic nitrogens is 1. The molecule has 106 valence electrons. The van der Waals surface area contributed by atoms with Gasteiger partial charge in [-0.05, 0) is 32.4 Å². The van der Waals surface area contributed by atoms with Crippen LogP contribution in [0.2, 0.25) is 5.02 Å². The van der Waals surface area contributed by atoms with Gasteiger partial charge in [0.1, 0.15) is 6.10 Å². The van der Waals surface area contributed by atoms with E-state index in [9.17, 15) is 0 Å². The smallest absolute Gasteiger partial charge is 0.213 e. The van der Waals surface area contributed by atoms with E-state index >= 15 is 0 Å². The second kappa shape index (κ2) is 7.08. The maximum absolute atomic E-state index is 6.09. The number of hydrogen-bond donors (Lipinski definition) is 1. The summed E-state index contributed by atoms with van der Waals surface area (Å²) in [6.07, 6.45) is 4.75. The molecule has 0 saturated heterocycles. The highest BCUT2D eigenvalue weighted by molar-refractivity contribution is 6.31. The van der Waals surface area contributed by atoms with Crippen LogP contribution in [-0.2, 0) is 11.3 Å². The molecule has 0 radical (unpaired) electrons. The topological polar surface area (TPSA) is 43.4 Å². The summed E-state index contributed by atoms with van der Waals surface area (Å²) < 4.78 is 11.4. The quantitative estimate of drug-likeness (QED) is 0.903. The summed E-state index contributed by atoms with van der Waals surface area (Å²) in [4.78, 5) is 4.45. The third-order valence-corrected chi connectivity index (χ3v) is 3.78. The summed E-state index contributed by atoms with van der Waals surface area (Å²) in [7, 11) is 3.63. The molecule has 1 aliphatic rings. The number of nitrogens with zero attached hydrogens (tertiary/aromatic N) is 1. The minimum Gasteiger partial charge on any atom is -0.474 e. The average Bonchev–Trinajstić information content (AvgIpc) is 2.43. The van der Waals surface area contributed by atoms with Gasteiger partial charge in [-0.15, -0.1) is 0 Å². The number of halogens is 1. The predicted molar refractivity (Wildman–Crippen MR) is 75.7 cm³/mol. The molecule has 1 aromatic heterocycles. The van der Waals surface area contributed by atoms with E-state index in [-0.39, 0.29) is 6.10 Å². The Hall–Kier alpha value is -0.840. The molecule has 1 fully saturated rings. The Morgan fingerprint density at radius 2 is 2.16 bits per heavy atom. The van der Waals surface area contributed by atoms with Crippen LogP contribution in [-0.4, -0.2) is 31.3 Å². The normalized spacial score (nSPS) is 23.3. The lowest BCUT2D eigenvalue weighted by atomic mass is 9.95. The maximum Gasteiger partial charge on any atom is 0.213 e. The van der Waals surface area contributed by atoms with E-state index in [0.717, 1.165) is 31.4 Å². The fourth-order valence-corrected chi connectivity index (χ4v) is 2.59. The fourth-order valence-electron chi connectivity index (χ4n) is 2.42. The second-order valence-electron chi connectivity index (χ2n) is 4.87. The summed E-state index contributed by atoms with van der Waals surface area (Å²) in [6.45, 7) is 0.640. The zero-order valence-electron chi connectivity index (χ0n) is 11.5. The Bertz CT molecular complexity index is 414. The van der Waals surface area contributed by atoms with Gasteiger partial charge in [0, 0.05) is 26.1 Å². The third kappa shape index (κ3) is 4.06. The first-order valence-electron chi connectivity index (χ1n) is 6.72. The van der Waals surface area contributed by atoms with Crippen molar-refractivity contribution >= 4 is 11.6 Å². The van der Waals surface area contributed by atoms with Crippen molar-refractivity contribution in [3.63, 3.8) is 0 Å². The average molecular weight is 285 g/mol. The maximum atomic E-state index is 6.09. The molecule has 1 aliphatic carbocycles. The Balaban J connectivity index is 2.00. The summed E-state index contributed by atoms with van der Waals surface area (Å²) >= 11 is 6.09. The molecule has 1 saturated carbocycles. The van der Waals surface area contributed by atoms with Gasteiger partial charge in [0.15, 0.2) is 0 Å². The van der Waals surface area contributed by atoms with Crippen molar-refractivity contribution in [2.75, 3.05) is 14.2 Å². The first-order chi connectivity index (χ1) is 9.22. The van der Waals surface area contributed by atoms with Crippen molar-refractivity contribution in [3.05, 3.63) is 22.8 Å². The van der Waals surface area contributed by atoms with Crippen molar-refractivity contribution in [1.82, 2.24) is 10.3 Å². The van der Waals surface area contributed by atoms with Crippen molar-refractivity contribution in [1.29, 1.82) is 0 Å². The van der Waals surface area contributed by atoms with E-state index in [1.54, 1.807) is 7.11 Å². The molecule has 19 heavy (non-hydrogen) atoms. The van der Waals surface area contributed by atoms with Crippen LogP contribution < -0.4 is 10.1 Å². The van der Waals surface area contributed by atoms with E-state index in [1.807, 2.05) is 19.2 Å². The monoisotopic (exact) mass is 284 g/mol. The van der Waals surface area contributed by atoms with Gasteiger partial charge in [0.05, 0.1) is 16.8 Å². The Kier molecular flexibility index (Phi) is 5.43. The van der Waals surface area contributed by atoms with Gasteiger partial charge in [-0.25, -0.2) is 4.98 Å². The summed E-state index contributed by atoms with van der Waals surface area (Å²) in [5.74, 6) is 0.649. The molecule has 0 aliphatic heterocycles. The van der Waals surface area contributed by atoms with Crippen molar-refractivity contribution in [2.24, 2.45) is 0 Å². The van der Waals surface area contributed by atoms with Crippen molar-refractivity contribution in [2.45, 2.75) is 44.4 Å². The van der Waals surface area contributed by atoms with Crippen LogP contribution in [0.5, 0.6) is 5.88 Å². The van der Waals surface area contributed by atoms with Gasteiger partial charge >= 0.3 is 0 Å². The lowest BCUT2D eigenvalue weighted by molar-refractivity contribution is 0.0194. The van der Waals surface area contributed by atoms with Gasteiger partial charge < -0.3 is 14.8 Å². The van der Waals surface area contributed by atoms with Crippen LogP contribution in [0, 0.1) is 0 Å². The van der Waals surface area contributed by atoms with Gasteiger partial charge in [-0.1, -0.05) is 11.6 Å². The summed E-state index contributed by atoms with van der Waals surface area (Å²) in [5.41, 5.74) is 0.820. The predicted octanol–water partition coefficient (Wildman–Crippen LogP) is 2.79. The number of rotatable bonds is 5.